The summed E-state index contributed by atoms with van der Waals surface area (Å²) in [5.74, 6) is -0.479. The van der Waals surface area contributed by atoms with Crippen molar-refractivity contribution in [3.63, 3.8) is 0 Å². The Balaban J connectivity index is 4.52. The fourth-order valence-corrected chi connectivity index (χ4v) is 8.81. The summed E-state index contributed by atoms with van der Waals surface area (Å²) >= 11 is 0. The van der Waals surface area contributed by atoms with Crippen LogP contribution in [0, 0.1) is 0 Å². The predicted octanol–water partition coefficient (Wildman–Crippen LogP) is 17.6. The Hall–Kier alpha value is -1.92. The monoisotopic (exact) mass is 914 g/mol. The van der Waals surface area contributed by atoms with Crippen molar-refractivity contribution in [3.05, 3.63) is 36.5 Å². The first-order valence-corrected chi connectivity index (χ1v) is 28.7. The molecular formula is C59H111NO5. The van der Waals surface area contributed by atoms with Crippen LogP contribution in [0.25, 0.3) is 0 Å². The van der Waals surface area contributed by atoms with E-state index in [-0.39, 0.29) is 24.9 Å². The van der Waals surface area contributed by atoms with Crippen LogP contribution < -0.4 is 5.32 Å². The highest BCUT2D eigenvalue weighted by Crippen LogP contribution is 2.18. The van der Waals surface area contributed by atoms with Crippen LogP contribution in [0.5, 0.6) is 0 Å². The lowest BCUT2D eigenvalue weighted by Crippen LogP contribution is -2.46. The van der Waals surface area contributed by atoms with Gasteiger partial charge in [-0.3, -0.25) is 9.59 Å². The number of hydrogen-bond donors (Lipinski definition) is 3. The minimum atomic E-state index is -0.790. The van der Waals surface area contributed by atoms with Crippen molar-refractivity contribution < 1.29 is 24.5 Å². The number of amides is 1. The average molecular weight is 915 g/mol. The molecule has 1 amide bonds. The van der Waals surface area contributed by atoms with Crippen LogP contribution in [-0.2, 0) is 14.3 Å². The number of esters is 1. The highest BCUT2D eigenvalue weighted by atomic mass is 16.5. The normalized spacial score (nSPS) is 13.4. The van der Waals surface area contributed by atoms with E-state index in [1.165, 1.54) is 186 Å². The molecule has 0 aliphatic rings. The first kappa shape index (κ1) is 63.1. The van der Waals surface area contributed by atoms with Crippen molar-refractivity contribution in [2.24, 2.45) is 0 Å². The molecule has 0 aliphatic carbocycles. The number of aliphatic hydroxyl groups is 2. The Morgan fingerprint density at radius 2 is 0.785 bits per heavy atom. The van der Waals surface area contributed by atoms with E-state index < -0.39 is 18.2 Å². The molecule has 0 aliphatic heterocycles. The van der Waals surface area contributed by atoms with Gasteiger partial charge in [0, 0.05) is 6.42 Å². The molecule has 0 heterocycles. The van der Waals surface area contributed by atoms with Gasteiger partial charge in [-0.1, -0.05) is 243 Å². The smallest absolute Gasteiger partial charge is 0.306 e. The molecule has 6 heteroatoms. The zero-order valence-corrected chi connectivity index (χ0v) is 43.6. The first-order valence-electron chi connectivity index (χ1n) is 28.7. The molecular weight excluding hydrogens is 803 g/mol. The number of aliphatic hydroxyl groups excluding tert-OH is 2. The van der Waals surface area contributed by atoms with Crippen LogP contribution in [0.1, 0.15) is 303 Å². The molecule has 3 N–H and O–H groups in total. The van der Waals surface area contributed by atoms with Gasteiger partial charge in [0.15, 0.2) is 0 Å². The minimum absolute atomic E-state index is 0.0716. The maximum atomic E-state index is 13.3. The van der Waals surface area contributed by atoms with Gasteiger partial charge in [0.1, 0.15) is 6.10 Å². The van der Waals surface area contributed by atoms with E-state index >= 15 is 0 Å². The summed E-state index contributed by atoms with van der Waals surface area (Å²) in [7, 11) is 0. The molecule has 3 unspecified atom stereocenters. The second kappa shape index (κ2) is 53.0. The summed E-state index contributed by atoms with van der Waals surface area (Å²) in [6, 6.07) is -0.705. The third-order valence-corrected chi connectivity index (χ3v) is 13.2. The van der Waals surface area contributed by atoms with Crippen molar-refractivity contribution in [1.82, 2.24) is 5.32 Å². The number of nitrogens with one attached hydrogen (secondary N) is 1. The van der Waals surface area contributed by atoms with E-state index in [0.29, 0.717) is 19.3 Å². The van der Waals surface area contributed by atoms with Gasteiger partial charge in [-0.25, -0.2) is 0 Å². The summed E-state index contributed by atoms with van der Waals surface area (Å²) in [5, 5.41) is 23.9. The Bertz CT molecular complexity index is 1070. The van der Waals surface area contributed by atoms with E-state index in [1.807, 2.05) is 0 Å². The molecule has 0 aromatic carbocycles. The van der Waals surface area contributed by atoms with E-state index in [2.05, 4.69) is 62.5 Å². The quantitative estimate of drug-likeness (QED) is 0.0321. The summed E-state index contributed by atoms with van der Waals surface area (Å²) < 4.78 is 5.95. The van der Waals surface area contributed by atoms with E-state index in [0.717, 1.165) is 70.6 Å². The molecule has 0 bridgehead atoms. The molecule has 65 heavy (non-hydrogen) atoms. The molecule has 0 aromatic rings. The van der Waals surface area contributed by atoms with Crippen LogP contribution in [0.3, 0.4) is 0 Å². The van der Waals surface area contributed by atoms with Gasteiger partial charge in [0.25, 0.3) is 0 Å². The van der Waals surface area contributed by atoms with Crippen LogP contribution >= 0.6 is 0 Å². The lowest BCUT2D eigenvalue weighted by molar-refractivity contribution is -0.151. The third kappa shape index (κ3) is 48.3. The number of carbonyl (C=O) groups is 2. The minimum Gasteiger partial charge on any atom is -0.462 e. The van der Waals surface area contributed by atoms with E-state index in [1.54, 1.807) is 0 Å². The lowest BCUT2D eigenvalue weighted by Gasteiger charge is -2.24. The standard InChI is InChI=1S/C59H111NO5/c1-4-7-10-13-16-19-22-25-27-29-31-33-35-38-41-44-47-50-55(65-59(64)52-49-46-43-40-37-24-21-18-15-12-9-6-3)53-58(63)60-56(54-61)57(62)51-48-45-42-39-36-34-32-30-28-26-23-20-17-14-11-8-5-2/h16,18-19,21,25,27,55-57,61-62H,4-15,17,20,22-24,26,28-54H2,1-3H3,(H,60,63)/b19-16-,21-18-,27-25-. The highest BCUT2D eigenvalue weighted by molar-refractivity contribution is 5.77. The second-order valence-electron chi connectivity index (χ2n) is 19.7. The zero-order chi connectivity index (χ0) is 47.4. The maximum Gasteiger partial charge on any atom is 0.306 e. The number of carbonyl (C=O) groups excluding carboxylic acids is 2. The van der Waals surface area contributed by atoms with Gasteiger partial charge >= 0.3 is 5.97 Å². The Morgan fingerprint density at radius 1 is 0.446 bits per heavy atom. The predicted molar refractivity (Wildman–Crippen MR) is 282 cm³/mol. The van der Waals surface area contributed by atoms with Gasteiger partial charge in [0.2, 0.25) is 5.91 Å². The molecule has 0 saturated carbocycles. The Labute approximate surface area is 404 Å². The van der Waals surface area contributed by atoms with Crippen molar-refractivity contribution in [1.29, 1.82) is 0 Å². The van der Waals surface area contributed by atoms with E-state index in [4.69, 9.17) is 4.74 Å². The number of hydrogen-bond acceptors (Lipinski definition) is 5. The zero-order valence-electron chi connectivity index (χ0n) is 43.6. The van der Waals surface area contributed by atoms with Crippen LogP contribution in [0.4, 0.5) is 0 Å². The summed E-state index contributed by atoms with van der Waals surface area (Å²) in [4.78, 5) is 26.2. The molecule has 0 spiro atoms. The van der Waals surface area contributed by atoms with Crippen molar-refractivity contribution in [2.45, 2.75) is 322 Å². The number of unbranched alkanes of at least 4 members (excludes halogenated alkanes) is 34. The molecule has 0 fully saturated rings. The summed E-state index contributed by atoms with van der Waals surface area (Å²) in [5.41, 5.74) is 0. The van der Waals surface area contributed by atoms with E-state index in [9.17, 15) is 19.8 Å². The van der Waals surface area contributed by atoms with Crippen molar-refractivity contribution in [2.75, 3.05) is 6.61 Å². The highest BCUT2D eigenvalue weighted by Gasteiger charge is 2.24. The SMILES string of the molecule is CCCCC/C=C\C/C=C\CCCCCCCCCC(CC(=O)NC(CO)C(O)CCCCCCCCCCCCCCCCCCC)OC(=O)CCCCCCC/C=C\CCCCC. The summed E-state index contributed by atoms with van der Waals surface area (Å²) in [6.07, 6.45) is 63.5. The topological polar surface area (TPSA) is 95.9 Å². The fraction of sp³-hybridized carbons (Fsp3) is 0.864. The number of rotatable bonds is 52. The van der Waals surface area contributed by atoms with Crippen molar-refractivity contribution >= 4 is 11.9 Å². The maximum absolute atomic E-state index is 13.3. The second-order valence-corrected chi connectivity index (χ2v) is 19.7. The van der Waals surface area contributed by atoms with Crippen LogP contribution in [-0.4, -0.2) is 46.9 Å². The molecule has 0 aromatic heterocycles. The molecule has 3 atom stereocenters. The van der Waals surface area contributed by atoms with Crippen LogP contribution in [0.15, 0.2) is 36.5 Å². The molecule has 0 saturated heterocycles. The summed E-state index contributed by atoms with van der Waals surface area (Å²) in [6.45, 7) is 6.46. The number of allylic oxidation sites excluding steroid dienone is 6. The molecule has 382 valence electrons. The van der Waals surface area contributed by atoms with Gasteiger partial charge in [-0.05, 0) is 83.5 Å². The molecule has 0 radical (unpaired) electrons. The Morgan fingerprint density at radius 3 is 1.22 bits per heavy atom. The molecule has 6 nitrogen and oxygen atoms in total. The van der Waals surface area contributed by atoms with Gasteiger partial charge in [-0.15, -0.1) is 0 Å². The largest absolute Gasteiger partial charge is 0.462 e. The van der Waals surface area contributed by atoms with Gasteiger partial charge < -0.3 is 20.3 Å². The molecule has 0 rings (SSSR count). The fourth-order valence-electron chi connectivity index (χ4n) is 8.81. The van der Waals surface area contributed by atoms with Gasteiger partial charge in [0.05, 0.1) is 25.2 Å². The Kier molecular flexibility index (Phi) is 51.5. The van der Waals surface area contributed by atoms with Crippen molar-refractivity contribution in [3.8, 4) is 0 Å². The van der Waals surface area contributed by atoms with Gasteiger partial charge in [-0.2, -0.15) is 0 Å². The first-order chi connectivity index (χ1) is 32.0. The third-order valence-electron chi connectivity index (χ3n) is 13.2. The average Bonchev–Trinajstić information content (AvgIpc) is 3.30. The number of ether oxygens (including phenoxy) is 1. The lowest BCUT2D eigenvalue weighted by atomic mass is 10.0. The van der Waals surface area contributed by atoms with Crippen LogP contribution in [0.2, 0.25) is 0 Å².